The van der Waals surface area contributed by atoms with E-state index in [0.29, 0.717) is 10.5 Å². The quantitative estimate of drug-likeness (QED) is 0.902. The first kappa shape index (κ1) is 14.3. The van der Waals surface area contributed by atoms with E-state index in [-0.39, 0.29) is 5.91 Å². The molecule has 0 saturated carbocycles. The number of rotatable bonds is 2. The van der Waals surface area contributed by atoms with Crippen LogP contribution in [0.2, 0.25) is 0 Å². The molecule has 1 aliphatic heterocycles. The van der Waals surface area contributed by atoms with E-state index in [2.05, 4.69) is 19.2 Å². The minimum absolute atomic E-state index is 0.145. The van der Waals surface area contributed by atoms with Gasteiger partial charge in [-0.3, -0.25) is 4.79 Å². The summed E-state index contributed by atoms with van der Waals surface area (Å²) < 4.78 is 0. The number of anilines is 1. The van der Waals surface area contributed by atoms with Crippen molar-refractivity contribution in [2.75, 3.05) is 25.5 Å². The Balaban J connectivity index is 2.26. The van der Waals surface area contributed by atoms with Gasteiger partial charge in [0.1, 0.15) is 0 Å². The summed E-state index contributed by atoms with van der Waals surface area (Å²) in [7, 11) is 1.86. The molecule has 0 aliphatic carbocycles. The molecular weight excluding hydrogens is 256 g/mol. The second kappa shape index (κ2) is 5.87. The average Bonchev–Trinajstić information content (AvgIpc) is 2.36. The highest BCUT2D eigenvalue weighted by molar-refractivity contribution is 8.00. The van der Waals surface area contributed by atoms with E-state index in [4.69, 9.17) is 0 Å². The number of hydrogen-bond donors (Lipinski definition) is 1. The normalized spacial score (nSPS) is 23.3. The summed E-state index contributed by atoms with van der Waals surface area (Å²) >= 11 is 1.96. The highest BCUT2D eigenvalue weighted by atomic mass is 32.2. The van der Waals surface area contributed by atoms with Crippen LogP contribution in [0.3, 0.4) is 0 Å². The Morgan fingerprint density at radius 3 is 2.53 bits per heavy atom. The number of benzene rings is 1. The summed E-state index contributed by atoms with van der Waals surface area (Å²) in [5.74, 6) is 0.145. The third-order valence-electron chi connectivity index (χ3n) is 3.38. The zero-order chi connectivity index (χ0) is 14.0. The minimum atomic E-state index is 0.145. The molecule has 0 aromatic heterocycles. The fourth-order valence-electron chi connectivity index (χ4n) is 2.57. The topological polar surface area (TPSA) is 32.3 Å². The zero-order valence-electron chi connectivity index (χ0n) is 12.1. The van der Waals surface area contributed by atoms with Crippen molar-refractivity contribution in [3.05, 3.63) is 29.3 Å². The van der Waals surface area contributed by atoms with Crippen LogP contribution in [0.15, 0.2) is 18.2 Å². The molecule has 2 rings (SSSR count). The van der Waals surface area contributed by atoms with Gasteiger partial charge in [0.25, 0.3) is 5.91 Å². The van der Waals surface area contributed by atoms with Crippen LogP contribution < -0.4 is 5.32 Å². The Morgan fingerprint density at radius 1 is 1.32 bits per heavy atom. The van der Waals surface area contributed by atoms with Crippen LogP contribution in [-0.4, -0.2) is 41.4 Å². The van der Waals surface area contributed by atoms with Crippen LogP contribution in [0.4, 0.5) is 5.69 Å². The Bertz CT molecular complexity index is 465. The van der Waals surface area contributed by atoms with Crippen molar-refractivity contribution in [3.8, 4) is 0 Å². The van der Waals surface area contributed by atoms with Gasteiger partial charge in [0, 0.05) is 36.3 Å². The van der Waals surface area contributed by atoms with Crippen molar-refractivity contribution >= 4 is 23.4 Å². The number of carbonyl (C=O) groups is 1. The molecule has 1 amide bonds. The first-order valence-electron chi connectivity index (χ1n) is 6.74. The molecule has 104 valence electrons. The van der Waals surface area contributed by atoms with Crippen LogP contribution in [-0.2, 0) is 0 Å². The Morgan fingerprint density at radius 2 is 1.95 bits per heavy atom. The molecule has 1 heterocycles. The predicted molar refractivity (Wildman–Crippen MR) is 83.1 cm³/mol. The van der Waals surface area contributed by atoms with Crippen LogP contribution in [0.25, 0.3) is 0 Å². The maximum absolute atomic E-state index is 12.7. The third-order valence-corrected chi connectivity index (χ3v) is 4.61. The molecule has 2 unspecified atom stereocenters. The van der Waals surface area contributed by atoms with Crippen LogP contribution in [0.5, 0.6) is 0 Å². The average molecular weight is 278 g/mol. The number of aryl methyl sites for hydroxylation is 1. The van der Waals surface area contributed by atoms with Crippen molar-refractivity contribution in [3.63, 3.8) is 0 Å². The van der Waals surface area contributed by atoms with E-state index in [1.54, 1.807) is 0 Å². The SMILES string of the molecule is CNc1ccc(C)cc1C(=O)N1CC(C)SC(C)C1. The number of amides is 1. The third kappa shape index (κ3) is 3.24. The van der Waals surface area contributed by atoms with Gasteiger partial charge >= 0.3 is 0 Å². The van der Waals surface area contributed by atoms with Gasteiger partial charge in [0.15, 0.2) is 0 Å². The second-order valence-corrected chi connectivity index (χ2v) is 7.15. The number of nitrogens with zero attached hydrogens (tertiary/aromatic N) is 1. The summed E-state index contributed by atoms with van der Waals surface area (Å²) in [6.45, 7) is 8.08. The first-order valence-corrected chi connectivity index (χ1v) is 7.68. The van der Waals surface area contributed by atoms with Crippen LogP contribution in [0, 0.1) is 6.92 Å². The van der Waals surface area contributed by atoms with E-state index < -0.39 is 0 Å². The molecule has 1 fully saturated rings. The summed E-state index contributed by atoms with van der Waals surface area (Å²) in [6, 6.07) is 5.99. The smallest absolute Gasteiger partial charge is 0.256 e. The lowest BCUT2D eigenvalue weighted by Crippen LogP contribution is -2.44. The summed E-state index contributed by atoms with van der Waals surface area (Å²) in [5.41, 5.74) is 2.82. The van der Waals surface area contributed by atoms with Crippen molar-refractivity contribution in [2.24, 2.45) is 0 Å². The molecule has 1 aromatic rings. The van der Waals surface area contributed by atoms with Crippen LogP contribution in [0.1, 0.15) is 29.8 Å². The van der Waals surface area contributed by atoms with Gasteiger partial charge in [-0.1, -0.05) is 25.5 Å². The summed E-state index contributed by atoms with van der Waals surface area (Å²) in [6.07, 6.45) is 0. The van der Waals surface area contributed by atoms with Gasteiger partial charge in [-0.25, -0.2) is 0 Å². The van der Waals surface area contributed by atoms with Crippen LogP contribution >= 0.6 is 11.8 Å². The van der Waals surface area contributed by atoms with E-state index in [9.17, 15) is 4.79 Å². The lowest BCUT2D eigenvalue weighted by molar-refractivity contribution is 0.0754. The van der Waals surface area contributed by atoms with Gasteiger partial charge in [-0.2, -0.15) is 11.8 Å². The van der Waals surface area contributed by atoms with Crippen molar-refractivity contribution in [1.82, 2.24) is 4.90 Å². The Kier molecular flexibility index (Phi) is 4.40. The van der Waals surface area contributed by atoms with E-state index >= 15 is 0 Å². The maximum atomic E-state index is 12.7. The molecule has 2 atom stereocenters. The molecule has 19 heavy (non-hydrogen) atoms. The molecule has 0 spiro atoms. The number of nitrogens with one attached hydrogen (secondary N) is 1. The molecule has 1 saturated heterocycles. The molecule has 0 bridgehead atoms. The fraction of sp³-hybridized carbons (Fsp3) is 0.533. The molecule has 1 aliphatic rings. The standard InChI is InChI=1S/C15H22N2OS/c1-10-5-6-14(16-4)13(7-10)15(18)17-8-11(2)19-12(3)9-17/h5-7,11-12,16H,8-9H2,1-4H3. The number of thioether (sulfide) groups is 1. The van der Waals surface area contributed by atoms with Gasteiger partial charge in [-0.15, -0.1) is 0 Å². The van der Waals surface area contributed by atoms with Gasteiger partial charge in [0.2, 0.25) is 0 Å². The minimum Gasteiger partial charge on any atom is -0.387 e. The monoisotopic (exact) mass is 278 g/mol. The zero-order valence-corrected chi connectivity index (χ0v) is 12.9. The van der Waals surface area contributed by atoms with Crippen molar-refractivity contribution in [2.45, 2.75) is 31.3 Å². The van der Waals surface area contributed by atoms with E-state index in [1.165, 1.54) is 0 Å². The molecule has 1 aromatic carbocycles. The summed E-state index contributed by atoms with van der Waals surface area (Å²) in [5, 5.41) is 4.13. The molecule has 3 nitrogen and oxygen atoms in total. The highest BCUT2D eigenvalue weighted by Crippen LogP contribution is 2.27. The molecule has 1 N–H and O–H groups in total. The largest absolute Gasteiger partial charge is 0.387 e. The number of carbonyl (C=O) groups excluding carboxylic acids is 1. The lowest BCUT2D eigenvalue weighted by atomic mass is 10.1. The lowest BCUT2D eigenvalue weighted by Gasteiger charge is -2.35. The Labute approximate surface area is 119 Å². The molecule has 4 heteroatoms. The van der Waals surface area contributed by atoms with Gasteiger partial charge in [0.05, 0.1) is 5.56 Å². The van der Waals surface area contributed by atoms with Crippen molar-refractivity contribution < 1.29 is 4.79 Å². The maximum Gasteiger partial charge on any atom is 0.256 e. The fourth-order valence-corrected chi connectivity index (χ4v) is 3.89. The molecular formula is C15H22N2OS. The molecule has 0 radical (unpaired) electrons. The Hall–Kier alpha value is -1.16. The van der Waals surface area contributed by atoms with E-state index in [1.807, 2.05) is 48.8 Å². The van der Waals surface area contributed by atoms with Gasteiger partial charge in [-0.05, 0) is 19.1 Å². The van der Waals surface area contributed by atoms with E-state index in [0.717, 1.165) is 29.9 Å². The second-order valence-electron chi connectivity index (χ2n) is 5.27. The first-order chi connectivity index (χ1) is 9.01. The summed E-state index contributed by atoms with van der Waals surface area (Å²) in [4.78, 5) is 14.7. The number of hydrogen-bond acceptors (Lipinski definition) is 3. The van der Waals surface area contributed by atoms with Gasteiger partial charge < -0.3 is 10.2 Å². The highest BCUT2D eigenvalue weighted by Gasteiger charge is 2.27. The van der Waals surface area contributed by atoms with Crippen molar-refractivity contribution in [1.29, 1.82) is 0 Å². The predicted octanol–water partition coefficient (Wildman–Crippen LogP) is 3.00.